The Morgan fingerprint density at radius 3 is 2.16 bits per heavy atom. The minimum atomic E-state index is -0.802. The highest BCUT2D eigenvalue weighted by Gasteiger charge is 2.70. The summed E-state index contributed by atoms with van der Waals surface area (Å²) in [4.78, 5) is 52.4. The maximum Gasteiger partial charge on any atom is 0.408 e. The zero-order valence-corrected chi connectivity index (χ0v) is 32.6. The molecule has 0 unspecified atom stereocenters. The van der Waals surface area contributed by atoms with Crippen LogP contribution in [0.25, 0.3) is 0 Å². The van der Waals surface area contributed by atoms with E-state index in [4.69, 9.17) is 9.47 Å². The summed E-state index contributed by atoms with van der Waals surface area (Å²) in [6.07, 6.45) is 9.97. The second-order valence-corrected chi connectivity index (χ2v) is 20.1. The number of esters is 1. The number of alkyl carbamates (subject to hydrolysis) is 1. The van der Waals surface area contributed by atoms with Crippen molar-refractivity contribution in [1.82, 2.24) is 5.32 Å². The standard InChI is InChI=1S/C42H65NO7/c1-24(2)32-28(44)23-42(43-36(48)50-37(3,4)5)21-20-40(9)27(33(32)42)14-15-30-39(8)18-17-31(38(6,7)29(39)16-19-41(30,40)10)49-35(47)26-13-11-12-25(22-26)34(45)46/h24-27,29-31H,11-23H2,1-10H3,(H,43,48)(H,45,46)/t25-,26+,27-,29+,30-,31+,39+,40-,41-,42-/m1/s1. The van der Waals surface area contributed by atoms with Gasteiger partial charge in [-0.15, -0.1) is 0 Å². The number of hydrogen-bond donors (Lipinski definition) is 2. The first kappa shape index (κ1) is 37.4. The number of allylic oxidation sites excluding steroid dienone is 1. The topological polar surface area (TPSA) is 119 Å². The van der Waals surface area contributed by atoms with Crippen LogP contribution in [0.2, 0.25) is 0 Å². The van der Waals surface area contributed by atoms with Crippen LogP contribution in [0.1, 0.15) is 153 Å². The first-order valence-electron chi connectivity index (χ1n) is 19.8. The Morgan fingerprint density at radius 2 is 1.52 bits per heavy atom. The van der Waals surface area contributed by atoms with Crippen molar-refractivity contribution in [2.24, 2.45) is 57.2 Å². The number of ketones is 1. The molecule has 5 fully saturated rings. The van der Waals surface area contributed by atoms with Crippen molar-refractivity contribution in [3.63, 3.8) is 0 Å². The van der Waals surface area contributed by atoms with Crippen LogP contribution in [0.3, 0.4) is 0 Å². The largest absolute Gasteiger partial charge is 0.481 e. The molecule has 0 saturated heterocycles. The van der Waals surface area contributed by atoms with Gasteiger partial charge in [0.15, 0.2) is 5.78 Å². The predicted octanol–water partition coefficient (Wildman–Crippen LogP) is 9.05. The molecule has 6 aliphatic carbocycles. The smallest absolute Gasteiger partial charge is 0.408 e. The molecule has 2 N–H and O–H groups in total. The van der Waals surface area contributed by atoms with Crippen molar-refractivity contribution in [1.29, 1.82) is 0 Å². The lowest BCUT2D eigenvalue weighted by Crippen LogP contribution is -2.67. The number of fused-ring (bicyclic) bond motifs is 7. The number of carbonyl (C=O) groups excluding carboxylic acids is 3. The molecule has 5 saturated carbocycles. The number of amides is 1. The third-order valence-electron chi connectivity index (χ3n) is 15.7. The fraction of sp³-hybridized carbons (Fsp3) is 0.857. The van der Waals surface area contributed by atoms with E-state index < -0.39 is 29.1 Å². The van der Waals surface area contributed by atoms with Gasteiger partial charge in [0.25, 0.3) is 0 Å². The van der Waals surface area contributed by atoms with Gasteiger partial charge in [-0.3, -0.25) is 14.4 Å². The summed E-state index contributed by atoms with van der Waals surface area (Å²) in [5.74, 6) is -0.407. The van der Waals surface area contributed by atoms with Crippen molar-refractivity contribution in [3.05, 3.63) is 11.1 Å². The number of carboxylic acid groups (broad SMARTS) is 1. The molecule has 0 aromatic heterocycles. The number of ether oxygens (including phenoxy) is 2. The molecule has 0 aliphatic heterocycles. The predicted molar refractivity (Wildman–Crippen MR) is 192 cm³/mol. The molecule has 0 heterocycles. The number of hydrogen-bond acceptors (Lipinski definition) is 6. The lowest BCUT2D eigenvalue weighted by molar-refractivity contribution is -0.233. The zero-order chi connectivity index (χ0) is 36.8. The molecule has 8 nitrogen and oxygen atoms in total. The molecule has 0 aromatic carbocycles. The van der Waals surface area contributed by atoms with Gasteiger partial charge in [-0.05, 0) is 142 Å². The molecular formula is C42H65NO7. The van der Waals surface area contributed by atoms with E-state index in [0.29, 0.717) is 37.5 Å². The highest BCUT2D eigenvalue weighted by atomic mass is 16.6. The molecule has 0 aromatic rings. The van der Waals surface area contributed by atoms with Gasteiger partial charge in [-0.25, -0.2) is 4.79 Å². The Morgan fingerprint density at radius 1 is 0.840 bits per heavy atom. The molecule has 50 heavy (non-hydrogen) atoms. The lowest BCUT2D eigenvalue weighted by atomic mass is 9.33. The molecule has 0 spiro atoms. The minimum absolute atomic E-state index is 0.0295. The fourth-order valence-corrected chi connectivity index (χ4v) is 13.3. The third-order valence-corrected chi connectivity index (χ3v) is 15.7. The summed E-state index contributed by atoms with van der Waals surface area (Å²) in [6, 6.07) is 0. The van der Waals surface area contributed by atoms with Gasteiger partial charge < -0.3 is 19.9 Å². The van der Waals surface area contributed by atoms with Crippen molar-refractivity contribution in [2.75, 3.05) is 0 Å². The van der Waals surface area contributed by atoms with Crippen molar-refractivity contribution in [2.45, 2.75) is 170 Å². The summed E-state index contributed by atoms with van der Waals surface area (Å²) >= 11 is 0. The summed E-state index contributed by atoms with van der Waals surface area (Å²) in [6.45, 7) is 22.1. The number of nitrogens with one attached hydrogen (secondary N) is 1. The normalized spacial score (nSPS) is 42.5. The van der Waals surface area contributed by atoms with Gasteiger partial charge in [0, 0.05) is 11.8 Å². The number of aliphatic carboxylic acids is 1. The summed E-state index contributed by atoms with van der Waals surface area (Å²) in [7, 11) is 0. The van der Waals surface area contributed by atoms with Gasteiger partial charge in [0.1, 0.15) is 11.7 Å². The van der Waals surface area contributed by atoms with Crippen molar-refractivity contribution in [3.8, 4) is 0 Å². The summed E-state index contributed by atoms with van der Waals surface area (Å²) < 4.78 is 12.2. The summed E-state index contributed by atoms with van der Waals surface area (Å²) in [5.41, 5.74) is 0.736. The molecule has 6 rings (SSSR count). The Balaban J connectivity index is 1.27. The number of carboxylic acids is 1. The highest BCUT2D eigenvalue weighted by molar-refractivity contribution is 6.02. The molecule has 0 radical (unpaired) electrons. The van der Waals surface area contributed by atoms with E-state index in [2.05, 4.69) is 53.8 Å². The number of rotatable bonds is 5. The van der Waals surface area contributed by atoms with E-state index in [9.17, 15) is 24.3 Å². The second-order valence-electron chi connectivity index (χ2n) is 20.1. The molecule has 0 bridgehead atoms. The van der Waals surface area contributed by atoms with E-state index in [1.165, 1.54) is 5.57 Å². The molecule has 10 atom stereocenters. The molecule has 8 heteroatoms. The third kappa shape index (κ3) is 5.76. The van der Waals surface area contributed by atoms with Gasteiger partial charge in [0.05, 0.1) is 17.4 Å². The van der Waals surface area contributed by atoms with Gasteiger partial charge in [0.2, 0.25) is 0 Å². The number of carbonyl (C=O) groups is 4. The average Bonchev–Trinajstić information content (AvgIpc) is 3.29. The SMILES string of the molecule is CC(C)C1=C2[C@H]3CC[C@@H]4[C@@]5(C)CC[C@H](OC(=O)[C@H]6CCC[C@@H](C(=O)O)C6)C(C)(C)[C@@H]5CC[C@@]4(C)[C@]3(C)CC[C@@]2(NC(=O)OC(C)(C)C)CC1=O. The monoisotopic (exact) mass is 695 g/mol. The van der Waals surface area contributed by atoms with E-state index in [-0.39, 0.29) is 57.3 Å². The van der Waals surface area contributed by atoms with Crippen molar-refractivity contribution < 1.29 is 33.8 Å². The first-order chi connectivity index (χ1) is 23.1. The fourth-order valence-electron chi connectivity index (χ4n) is 13.3. The van der Waals surface area contributed by atoms with Crippen LogP contribution in [-0.2, 0) is 23.9 Å². The van der Waals surface area contributed by atoms with Crippen LogP contribution in [0.15, 0.2) is 11.1 Å². The maximum absolute atomic E-state index is 13.8. The van der Waals surface area contributed by atoms with Crippen LogP contribution in [-0.4, -0.2) is 46.2 Å². The summed E-state index contributed by atoms with van der Waals surface area (Å²) in [5, 5.41) is 12.9. The number of Topliss-reactive ketones (excluding diaryl/α,β-unsaturated/α-hetero) is 1. The molecule has 280 valence electrons. The van der Waals surface area contributed by atoms with Crippen LogP contribution < -0.4 is 5.32 Å². The molecule has 1 amide bonds. The lowest BCUT2D eigenvalue weighted by Gasteiger charge is -2.72. The van der Waals surface area contributed by atoms with E-state index in [1.807, 2.05) is 20.8 Å². The average molecular weight is 696 g/mol. The van der Waals surface area contributed by atoms with E-state index >= 15 is 0 Å². The van der Waals surface area contributed by atoms with E-state index in [1.54, 1.807) is 0 Å². The van der Waals surface area contributed by atoms with E-state index in [0.717, 1.165) is 63.4 Å². The van der Waals surface area contributed by atoms with Crippen LogP contribution in [0.5, 0.6) is 0 Å². The Kier molecular flexibility index (Phi) is 9.24. The first-order valence-corrected chi connectivity index (χ1v) is 19.8. The van der Waals surface area contributed by atoms with Gasteiger partial charge >= 0.3 is 18.0 Å². The van der Waals surface area contributed by atoms with Crippen LogP contribution >= 0.6 is 0 Å². The second kappa shape index (κ2) is 12.4. The maximum atomic E-state index is 13.8. The quantitative estimate of drug-likeness (QED) is 0.276. The zero-order valence-electron chi connectivity index (χ0n) is 32.6. The molecular weight excluding hydrogens is 630 g/mol. The highest BCUT2D eigenvalue weighted by Crippen LogP contribution is 2.76. The van der Waals surface area contributed by atoms with Crippen molar-refractivity contribution >= 4 is 23.8 Å². The van der Waals surface area contributed by atoms with Gasteiger partial charge in [-0.1, -0.05) is 54.9 Å². The molecule has 6 aliphatic rings. The van der Waals surface area contributed by atoms with Crippen LogP contribution in [0, 0.1) is 57.2 Å². The Hall–Kier alpha value is -2.38. The minimum Gasteiger partial charge on any atom is -0.481 e. The van der Waals surface area contributed by atoms with Crippen LogP contribution in [0.4, 0.5) is 4.79 Å². The van der Waals surface area contributed by atoms with Gasteiger partial charge in [-0.2, -0.15) is 0 Å². The Bertz CT molecular complexity index is 1460. The Labute approximate surface area is 300 Å².